The Balaban J connectivity index is 1.47. The normalized spacial score (nSPS) is 16.0. The van der Waals surface area contributed by atoms with Crippen LogP contribution in [0.2, 0.25) is 5.02 Å². The Morgan fingerprint density at radius 2 is 1.95 bits per heavy atom. The number of hydrogen-bond donors (Lipinski definition) is 1. The SMILES string of the molecule is O=C(c1cc(Cl)c[nH]1)N1CCN(CCc2ccncc2)CC1. The average Bonchev–Trinajstić information content (AvgIpc) is 3.00. The third-order valence-electron chi connectivity index (χ3n) is 4.00. The second-order valence-corrected chi connectivity index (χ2v) is 5.91. The fraction of sp³-hybridized carbons (Fsp3) is 0.375. The van der Waals surface area contributed by atoms with Gasteiger partial charge in [0.15, 0.2) is 0 Å². The van der Waals surface area contributed by atoms with Crippen LogP contribution in [0.4, 0.5) is 0 Å². The maximum Gasteiger partial charge on any atom is 0.270 e. The van der Waals surface area contributed by atoms with E-state index in [1.807, 2.05) is 17.3 Å². The summed E-state index contributed by atoms with van der Waals surface area (Å²) in [4.78, 5) is 23.5. The van der Waals surface area contributed by atoms with E-state index in [0.29, 0.717) is 10.7 Å². The van der Waals surface area contributed by atoms with E-state index in [2.05, 4.69) is 27.0 Å². The summed E-state index contributed by atoms with van der Waals surface area (Å²) in [7, 11) is 0. The number of H-pyrrole nitrogens is 1. The predicted octanol–water partition coefficient (Wildman–Crippen LogP) is 2.06. The number of pyridine rings is 1. The highest BCUT2D eigenvalue weighted by atomic mass is 35.5. The molecule has 116 valence electrons. The summed E-state index contributed by atoms with van der Waals surface area (Å²) >= 11 is 5.85. The monoisotopic (exact) mass is 318 g/mol. The van der Waals surface area contributed by atoms with Crippen LogP contribution < -0.4 is 0 Å². The molecule has 0 unspecified atom stereocenters. The predicted molar refractivity (Wildman–Crippen MR) is 86.1 cm³/mol. The molecular formula is C16H19ClN4O. The van der Waals surface area contributed by atoms with Crippen molar-refractivity contribution < 1.29 is 4.79 Å². The molecule has 0 aromatic carbocycles. The number of halogens is 1. The molecule has 0 radical (unpaired) electrons. The summed E-state index contributed by atoms with van der Waals surface area (Å²) < 4.78 is 0. The summed E-state index contributed by atoms with van der Waals surface area (Å²) in [6.45, 7) is 4.34. The third-order valence-corrected chi connectivity index (χ3v) is 4.22. The Bertz CT molecular complexity index is 620. The zero-order valence-electron chi connectivity index (χ0n) is 12.3. The minimum Gasteiger partial charge on any atom is -0.356 e. The fourth-order valence-corrected chi connectivity index (χ4v) is 2.84. The largest absolute Gasteiger partial charge is 0.356 e. The minimum atomic E-state index is 0.0284. The van der Waals surface area contributed by atoms with Crippen molar-refractivity contribution in [1.82, 2.24) is 19.8 Å². The zero-order valence-corrected chi connectivity index (χ0v) is 13.1. The highest BCUT2D eigenvalue weighted by Crippen LogP contribution is 2.13. The summed E-state index contributed by atoms with van der Waals surface area (Å²) in [5, 5.41) is 0.569. The van der Waals surface area contributed by atoms with Crippen molar-refractivity contribution >= 4 is 17.5 Å². The second-order valence-electron chi connectivity index (χ2n) is 5.47. The number of nitrogens with one attached hydrogen (secondary N) is 1. The number of nitrogens with zero attached hydrogens (tertiary/aromatic N) is 3. The molecule has 3 rings (SSSR count). The Kier molecular flexibility index (Phi) is 4.75. The molecule has 1 fully saturated rings. The Morgan fingerprint density at radius 1 is 1.23 bits per heavy atom. The van der Waals surface area contributed by atoms with E-state index in [1.165, 1.54) is 5.56 Å². The van der Waals surface area contributed by atoms with Gasteiger partial charge in [-0.3, -0.25) is 14.7 Å². The standard InChI is InChI=1S/C16H19ClN4O/c17-14-11-15(19-12-14)16(22)21-9-7-20(8-10-21)6-3-13-1-4-18-5-2-13/h1-2,4-5,11-12,19H,3,6-10H2. The third kappa shape index (κ3) is 3.67. The van der Waals surface area contributed by atoms with Gasteiger partial charge in [-0.15, -0.1) is 0 Å². The van der Waals surface area contributed by atoms with E-state index in [9.17, 15) is 4.79 Å². The molecule has 6 heteroatoms. The molecule has 2 aromatic rings. The van der Waals surface area contributed by atoms with Crippen LogP contribution in [0, 0.1) is 0 Å². The molecule has 0 atom stereocenters. The number of aromatic amines is 1. The quantitative estimate of drug-likeness (QED) is 0.939. The first-order chi connectivity index (χ1) is 10.7. The Labute approximate surface area is 134 Å². The van der Waals surface area contributed by atoms with Gasteiger partial charge in [-0.1, -0.05) is 11.6 Å². The average molecular weight is 319 g/mol. The lowest BCUT2D eigenvalue weighted by Gasteiger charge is -2.34. The number of aromatic nitrogens is 2. The number of amides is 1. The van der Waals surface area contributed by atoms with Gasteiger partial charge in [-0.2, -0.15) is 0 Å². The molecule has 1 amide bonds. The van der Waals surface area contributed by atoms with Crippen LogP contribution in [0.5, 0.6) is 0 Å². The molecule has 1 aliphatic rings. The first kappa shape index (κ1) is 15.1. The molecule has 1 aliphatic heterocycles. The van der Waals surface area contributed by atoms with Crippen molar-refractivity contribution in [3.05, 3.63) is 53.1 Å². The zero-order chi connectivity index (χ0) is 15.4. The lowest BCUT2D eigenvalue weighted by molar-refractivity contribution is 0.0633. The van der Waals surface area contributed by atoms with Crippen LogP contribution in [0.1, 0.15) is 16.1 Å². The summed E-state index contributed by atoms with van der Waals surface area (Å²) in [6.07, 6.45) is 6.31. The van der Waals surface area contributed by atoms with Crippen LogP contribution >= 0.6 is 11.6 Å². The maximum absolute atomic E-state index is 12.3. The van der Waals surface area contributed by atoms with Gasteiger partial charge in [0.1, 0.15) is 5.69 Å². The van der Waals surface area contributed by atoms with Gasteiger partial charge in [0.25, 0.3) is 5.91 Å². The summed E-state index contributed by atoms with van der Waals surface area (Å²) in [6, 6.07) is 5.78. The molecule has 3 heterocycles. The molecule has 22 heavy (non-hydrogen) atoms. The van der Waals surface area contributed by atoms with Crippen molar-refractivity contribution in [3.63, 3.8) is 0 Å². The van der Waals surface area contributed by atoms with Gasteiger partial charge >= 0.3 is 0 Å². The van der Waals surface area contributed by atoms with Gasteiger partial charge in [0.2, 0.25) is 0 Å². The van der Waals surface area contributed by atoms with Gasteiger partial charge in [-0.05, 0) is 30.2 Å². The molecule has 5 nitrogen and oxygen atoms in total. The summed E-state index contributed by atoms with van der Waals surface area (Å²) in [5.74, 6) is 0.0284. The number of piperazine rings is 1. The van der Waals surface area contributed by atoms with E-state index >= 15 is 0 Å². The number of rotatable bonds is 4. The lowest BCUT2D eigenvalue weighted by atomic mass is 10.2. The van der Waals surface area contributed by atoms with Crippen LogP contribution in [-0.4, -0.2) is 58.4 Å². The van der Waals surface area contributed by atoms with Crippen LogP contribution in [0.15, 0.2) is 36.8 Å². The second kappa shape index (κ2) is 6.94. The van der Waals surface area contributed by atoms with E-state index in [-0.39, 0.29) is 5.91 Å². The van der Waals surface area contributed by atoms with Crippen molar-refractivity contribution in [1.29, 1.82) is 0 Å². The molecular weight excluding hydrogens is 300 g/mol. The number of carbonyl (C=O) groups excluding carboxylic acids is 1. The molecule has 0 spiro atoms. The molecule has 0 aliphatic carbocycles. The molecule has 1 N–H and O–H groups in total. The maximum atomic E-state index is 12.3. The number of carbonyl (C=O) groups is 1. The summed E-state index contributed by atoms with van der Waals surface area (Å²) in [5.41, 5.74) is 1.87. The Hall–Kier alpha value is -1.85. The van der Waals surface area contributed by atoms with E-state index < -0.39 is 0 Å². The molecule has 0 bridgehead atoms. The molecule has 0 saturated carbocycles. The first-order valence-electron chi connectivity index (χ1n) is 7.47. The van der Waals surface area contributed by atoms with Crippen LogP contribution in [-0.2, 0) is 6.42 Å². The van der Waals surface area contributed by atoms with Crippen molar-refractivity contribution in [2.24, 2.45) is 0 Å². The van der Waals surface area contributed by atoms with Crippen molar-refractivity contribution in [3.8, 4) is 0 Å². The highest BCUT2D eigenvalue weighted by molar-refractivity contribution is 6.30. The molecule has 1 saturated heterocycles. The van der Waals surface area contributed by atoms with Crippen molar-refractivity contribution in [2.45, 2.75) is 6.42 Å². The van der Waals surface area contributed by atoms with Gasteiger partial charge in [0.05, 0.1) is 5.02 Å². The topological polar surface area (TPSA) is 52.2 Å². The first-order valence-corrected chi connectivity index (χ1v) is 7.84. The molecule has 2 aromatic heterocycles. The van der Waals surface area contributed by atoms with E-state index in [0.717, 1.165) is 39.1 Å². The number of hydrogen-bond acceptors (Lipinski definition) is 3. The van der Waals surface area contributed by atoms with Crippen LogP contribution in [0.25, 0.3) is 0 Å². The highest BCUT2D eigenvalue weighted by Gasteiger charge is 2.22. The Morgan fingerprint density at radius 3 is 2.59 bits per heavy atom. The fourth-order valence-electron chi connectivity index (χ4n) is 2.67. The van der Waals surface area contributed by atoms with Crippen LogP contribution in [0.3, 0.4) is 0 Å². The van der Waals surface area contributed by atoms with E-state index in [1.54, 1.807) is 12.3 Å². The smallest absolute Gasteiger partial charge is 0.270 e. The van der Waals surface area contributed by atoms with E-state index in [4.69, 9.17) is 11.6 Å². The van der Waals surface area contributed by atoms with Gasteiger partial charge in [0, 0.05) is 51.3 Å². The van der Waals surface area contributed by atoms with Gasteiger partial charge in [-0.25, -0.2) is 0 Å². The van der Waals surface area contributed by atoms with Crippen molar-refractivity contribution in [2.75, 3.05) is 32.7 Å². The van der Waals surface area contributed by atoms with Gasteiger partial charge < -0.3 is 9.88 Å². The lowest BCUT2D eigenvalue weighted by Crippen LogP contribution is -2.49. The minimum absolute atomic E-state index is 0.0284.